The van der Waals surface area contributed by atoms with E-state index in [9.17, 15) is 0 Å². The second-order valence-electron chi connectivity index (χ2n) is 2.13. The van der Waals surface area contributed by atoms with Crippen molar-refractivity contribution < 1.29 is 0 Å². The van der Waals surface area contributed by atoms with Gasteiger partial charge in [0.1, 0.15) is 0 Å². The van der Waals surface area contributed by atoms with E-state index in [1.54, 1.807) is 0 Å². The predicted molar refractivity (Wildman–Crippen MR) is 41.5 cm³/mol. The lowest BCUT2D eigenvalue weighted by Crippen LogP contribution is -1.67. The average molecular weight is 141 g/mol. The van der Waals surface area contributed by atoms with Crippen molar-refractivity contribution in [2.75, 3.05) is 0 Å². The van der Waals surface area contributed by atoms with Crippen LogP contribution in [0, 0.1) is 0 Å². The predicted octanol–water partition coefficient (Wildman–Crippen LogP) is 3.02. The fourth-order valence-electron chi connectivity index (χ4n) is 0.755. The first-order chi connectivity index (χ1) is 4.29. The summed E-state index contributed by atoms with van der Waals surface area (Å²) < 4.78 is 0. The minimum Gasteiger partial charge on any atom is -0.0888 e. The molecule has 0 amide bonds. The van der Waals surface area contributed by atoms with Gasteiger partial charge in [0, 0.05) is 11.5 Å². The standard InChI is InChI=1S/C8H9Cl/c1-7-4-2-3-5-8(9)6-7/h2-4,6H,5H2,1H3. The Bertz CT molecular complexity index is 185. The summed E-state index contributed by atoms with van der Waals surface area (Å²) in [5, 5.41) is 0.914. The highest BCUT2D eigenvalue weighted by Crippen LogP contribution is 2.14. The zero-order valence-electron chi connectivity index (χ0n) is 5.39. The second kappa shape index (κ2) is 2.88. The molecule has 0 radical (unpaired) electrons. The van der Waals surface area contributed by atoms with Crippen molar-refractivity contribution in [1.82, 2.24) is 0 Å². The molecule has 0 nitrogen and oxygen atoms in total. The van der Waals surface area contributed by atoms with Gasteiger partial charge in [0.05, 0.1) is 0 Å². The molecular formula is C8H9Cl. The van der Waals surface area contributed by atoms with E-state index in [1.807, 2.05) is 19.1 Å². The van der Waals surface area contributed by atoms with Crippen molar-refractivity contribution in [2.45, 2.75) is 13.3 Å². The van der Waals surface area contributed by atoms with Crippen LogP contribution in [0.3, 0.4) is 0 Å². The summed E-state index contributed by atoms with van der Waals surface area (Å²) in [4.78, 5) is 0. The Kier molecular flexibility index (Phi) is 2.12. The number of hydrogen-bond donors (Lipinski definition) is 0. The number of allylic oxidation sites excluding steroid dienone is 6. The molecule has 0 saturated heterocycles. The molecule has 0 fully saturated rings. The van der Waals surface area contributed by atoms with Gasteiger partial charge in [0.15, 0.2) is 0 Å². The monoisotopic (exact) mass is 140 g/mol. The first-order valence-corrected chi connectivity index (χ1v) is 3.36. The van der Waals surface area contributed by atoms with Gasteiger partial charge in [-0.1, -0.05) is 29.8 Å². The Hall–Kier alpha value is -0.490. The Morgan fingerprint density at radius 2 is 2.33 bits per heavy atom. The summed E-state index contributed by atoms with van der Waals surface area (Å²) in [5.74, 6) is 0. The molecule has 0 aliphatic heterocycles. The highest BCUT2D eigenvalue weighted by molar-refractivity contribution is 6.29. The molecule has 0 atom stereocenters. The molecule has 0 saturated carbocycles. The summed E-state index contributed by atoms with van der Waals surface area (Å²) in [6, 6.07) is 0. The van der Waals surface area contributed by atoms with Gasteiger partial charge in [-0.2, -0.15) is 0 Å². The molecule has 1 rings (SSSR count). The summed E-state index contributed by atoms with van der Waals surface area (Å²) in [5.41, 5.74) is 1.22. The van der Waals surface area contributed by atoms with E-state index in [2.05, 4.69) is 12.2 Å². The topological polar surface area (TPSA) is 0 Å². The van der Waals surface area contributed by atoms with Gasteiger partial charge >= 0.3 is 0 Å². The molecule has 1 aliphatic rings. The lowest BCUT2D eigenvalue weighted by Gasteiger charge is -1.88. The van der Waals surface area contributed by atoms with Gasteiger partial charge in [0.2, 0.25) is 0 Å². The quantitative estimate of drug-likeness (QED) is 0.485. The third kappa shape index (κ3) is 2.06. The van der Waals surface area contributed by atoms with Gasteiger partial charge < -0.3 is 0 Å². The van der Waals surface area contributed by atoms with Crippen molar-refractivity contribution >= 4 is 11.6 Å². The maximum absolute atomic E-state index is 5.78. The first kappa shape index (κ1) is 6.63. The molecule has 0 aromatic heterocycles. The highest BCUT2D eigenvalue weighted by atomic mass is 35.5. The first-order valence-electron chi connectivity index (χ1n) is 2.98. The Balaban J connectivity index is 2.82. The molecule has 0 aromatic carbocycles. The Morgan fingerprint density at radius 1 is 1.56 bits per heavy atom. The molecule has 9 heavy (non-hydrogen) atoms. The molecule has 0 aromatic rings. The maximum Gasteiger partial charge on any atom is 0.0221 e. The zero-order valence-corrected chi connectivity index (χ0v) is 6.15. The van der Waals surface area contributed by atoms with Crippen LogP contribution in [-0.2, 0) is 0 Å². The highest BCUT2D eigenvalue weighted by Gasteiger charge is 1.91. The average Bonchev–Trinajstić information content (AvgIpc) is 1.93. The lowest BCUT2D eigenvalue weighted by atomic mass is 10.3. The summed E-state index contributed by atoms with van der Waals surface area (Å²) >= 11 is 5.78. The normalized spacial score (nSPS) is 18.4. The van der Waals surface area contributed by atoms with Gasteiger partial charge in [-0.15, -0.1) is 0 Å². The van der Waals surface area contributed by atoms with Crippen LogP contribution < -0.4 is 0 Å². The van der Waals surface area contributed by atoms with Crippen LogP contribution in [0.5, 0.6) is 0 Å². The van der Waals surface area contributed by atoms with Crippen molar-refractivity contribution in [3.05, 3.63) is 34.9 Å². The molecule has 0 unspecified atom stereocenters. The van der Waals surface area contributed by atoms with Crippen LogP contribution >= 0.6 is 11.6 Å². The largest absolute Gasteiger partial charge is 0.0888 e. The molecule has 48 valence electrons. The van der Waals surface area contributed by atoms with Crippen LogP contribution in [-0.4, -0.2) is 0 Å². The van der Waals surface area contributed by atoms with Crippen LogP contribution in [0.25, 0.3) is 0 Å². The van der Waals surface area contributed by atoms with E-state index in [4.69, 9.17) is 11.6 Å². The minimum atomic E-state index is 0.870. The summed E-state index contributed by atoms with van der Waals surface area (Å²) in [6.45, 7) is 2.04. The number of hydrogen-bond acceptors (Lipinski definition) is 0. The van der Waals surface area contributed by atoms with Crippen molar-refractivity contribution in [3.63, 3.8) is 0 Å². The molecule has 1 heteroatoms. The van der Waals surface area contributed by atoms with Crippen molar-refractivity contribution in [3.8, 4) is 0 Å². The number of halogens is 1. The Labute approximate surface area is 60.5 Å². The van der Waals surface area contributed by atoms with E-state index in [1.165, 1.54) is 5.57 Å². The fourth-order valence-corrected chi connectivity index (χ4v) is 1.02. The summed E-state index contributed by atoms with van der Waals surface area (Å²) in [6.07, 6.45) is 8.99. The smallest absolute Gasteiger partial charge is 0.0221 e. The molecule has 1 aliphatic carbocycles. The van der Waals surface area contributed by atoms with Gasteiger partial charge in [-0.05, 0) is 18.6 Å². The maximum atomic E-state index is 5.78. The van der Waals surface area contributed by atoms with Crippen LogP contribution in [0.15, 0.2) is 34.9 Å². The van der Waals surface area contributed by atoms with E-state index >= 15 is 0 Å². The summed E-state index contributed by atoms with van der Waals surface area (Å²) in [7, 11) is 0. The fraction of sp³-hybridized carbons (Fsp3) is 0.250. The van der Waals surface area contributed by atoms with E-state index < -0.39 is 0 Å². The van der Waals surface area contributed by atoms with Crippen molar-refractivity contribution in [2.24, 2.45) is 0 Å². The van der Waals surface area contributed by atoms with Crippen LogP contribution in [0.4, 0.5) is 0 Å². The van der Waals surface area contributed by atoms with E-state index in [0.717, 1.165) is 11.5 Å². The molecule has 0 bridgehead atoms. The second-order valence-corrected chi connectivity index (χ2v) is 2.62. The third-order valence-corrected chi connectivity index (χ3v) is 1.46. The SMILES string of the molecule is CC1=CC=CCC(Cl)=C1. The van der Waals surface area contributed by atoms with Gasteiger partial charge in [-0.3, -0.25) is 0 Å². The van der Waals surface area contributed by atoms with Gasteiger partial charge in [-0.25, -0.2) is 0 Å². The zero-order chi connectivity index (χ0) is 6.69. The number of rotatable bonds is 0. The van der Waals surface area contributed by atoms with E-state index in [-0.39, 0.29) is 0 Å². The molecule has 0 N–H and O–H groups in total. The van der Waals surface area contributed by atoms with E-state index in [0.29, 0.717) is 0 Å². The van der Waals surface area contributed by atoms with Crippen LogP contribution in [0.2, 0.25) is 0 Å². The molecule has 0 spiro atoms. The third-order valence-electron chi connectivity index (χ3n) is 1.19. The molecule has 0 heterocycles. The minimum absolute atomic E-state index is 0.870. The van der Waals surface area contributed by atoms with Gasteiger partial charge in [0.25, 0.3) is 0 Å². The Morgan fingerprint density at radius 3 is 3.11 bits per heavy atom. The van der Waals surface area contributed by atoms with Crippen LogP contribution in [0.1, 0.15) is 13.3 Å². The lowest BCUT2D eigenvalue weighted by molar-refractivity contribution is 1.35. The van der Waals surface area contributed by atoms with Crippen molar-refractivity contribution in [1.29, 1.82) is 0 Å². The molecular weight excluding hydrogens is 132 g/mol.